The molecule has 0 saturated carbocycles. The zero-order chi connectivity index (χ0) is 25.0. The molecule has 34 heavy (non-hydrogen) atoms. The van der Waals surface area contributed by atoms with Crippen molar-refractivity contribution in [2.75, 3.05) is 16.6 Å². The lowest BCUT2D eigenvalue weighted by Gasteiger charge is -2.15. The van der Waals surface area contributed by atoms with E-state index in [0.717, 1.165) is 18.3 Å². The molecule has 0 spiro atoms. The fourth-order valence-corrected chi connectivity index (χ4v) is 4.03. The molecule has 0 unspecified atom stereocenters. The normalized spacial score (nSPS) is 11.3. The maximum Gasteiger partial charge on any atom is 0.300 e. The smallest absolute Gasteiger partial charge is 0.300 e. The van der Waals surface area contributed by atoms with Gasteiger partial charge in [-0.3, -0.25) is 9.52 Å². The van der Waals surface area contributed by atoms with Crippen molar-refractivity contribution in [1.82, 2.24) is 9.71 Å². The second-order valence-corrected chi connectivity index (χ2v) is 8.87. The van der Waals surface area contributed by atoms with Crippen molar-refractivity contribution in [3.05, 3.63) is 82.3 Å². The fourth-order valence-electron chi connectivity index (χ4n) is 3.18. The van der Waals surface area contributed by atoms with Gasteiger partial charge in [0.15, 0.2) is 11.6 Å². The molecule has 0 aliphatic heterocycles. The van der Waals surface area contributed by atoms with Gasteiger partial charge in [-0.1, -0.05) is 13.0 Å². The first-order valence-corrected chi connectivity index (χ1v) is 11.5. The van der Waals surface area contributed by atoms with Crippen molar-refractivity contribution in [3.63, 3.8) is 0 Å². The van der Waals surface area contributed by atoms with Gasteiger partial charge in [0.25, 0.3) is 16.1 Å². The first kappa shape index (κ1) is 25.0. The van der Waals surface area contributed by atoms with Gasteiger partial charge < -0.3 is 11.1 Å². The number of halogens is 3. The molecule has 12 heteroatoms. The van der Waals surface area contributed by atoms with Crippen LogP contribution in [0.4, 0.5) is 30.4 Å². The molecule has 1 amide bonds. The van der Waals surface area contributed by atoms with Gasteiger partial charge in [0.05, 0.1) is 16.9 Å². The Kier molecular flexibility index (Phi) is 7.42. The fraction of sp³-hybridized carbons (Fsp3) is 0.182. The predicted molar refractivity (Wildman–Crippen MR) is 123 cm³/mol. The van der Waals surface area contributed by atoms with Crippen LogP contribution in [-0.4, -0.2) is 25.9 Å². The quantitative estimate of drug-likeness (QED) is 0.363. The van der Waals surface area contributed by atoms with Crippen molar-refractivity contribution in [2.45, 2.75) is 20.3 Å². The van der Waals surface area contributed by atoms with Crippen molar-refractivity contribution >= 4 is 33.3 Å². The second kappa shape index (κ2) is 10.1. The molecule has 0 fully saturated rings. The van der Waals surface area contributed by atoms with Crippen molar-refractivity contribution < 1.29 is 26.4 Å². The highest BCUT2D eigenvalue weighted by Crippen LogP contribution is 2.28. The summed E-state index contributed by atoms with van der Waals surface area (Å²) in [6, 6.07) is 7.68. The lowest BCUT2D eigenvalue weighted by molar-refractivity contribution is 0.100. The number of amides is 1. The van der Waals surface area contributed by atoms with Crippen LogP contribution in [0.2, 0.25) is 0 Å². The molecule has 180 valence electrons. The average molecular weight is 494 g/mol. The van der Waals surface area contributed by atoms with E-state index in [9.17, 15) is 26.4 Å². The lowest BCUT2D eigenvalue weighted by atomic mass is 10.0. The van der Waals surface area contributed by atoms with Crippen molar-refractivity contribution in [2.24, 2.45) is 5.73 Å². The molecular weight excluding hydrogens is 471 g/mol. The van der Waals surface area contributed by atoms with Crippen LogP contribution in [0.5, 0.6) is 0 Å². The Morgan fingerprint density at radius 1 is 1.03 bits per heavy atom. The van der Waals surface area contributed by atoms with E-state index in [-0.39, 0.29) is 41.0 Å². The summed E-state index contributed by atoms with van der Waals surface area (Å²) in [5, 5.41) is 2.66. The summed E-state index contributed by atoms with van der Waals surface area (Å²) in [7, 11) is -4.04. The zero-order valence-corrected chi connectivity index (χ0v) is 19.1. The lowest BCUT2D eigenvalue weighted by Crippen LogP contribution is -2.30. The summed E-state index contributed by atoms with van der Waals surface area (Å²) in [5.41, 5.74) is 5.74. The van der Waals surface area contributed by atoms with Gasteiger partial charge in [-0.25, -0.2) is 18.2 Å². The molecule has 5 N–H and O–H groups in total. The Hall–Kier alpha value is -3.64. The molecule has 1 heterocycles. The zero-order valence-electron chi connectivity index (χ0n) is 18.2. The first-order chi connectivity index (χ1) is 16.0. The molecule has 2 aromatic carbocycles. The molecule has 0 bridgehead atoms. The first-order valence-electron chi connectivity index (χ1n) is 10.1. The number of benzene rings is 2. The topological polar surface area (TPSA) is 126 Å². The van der Waals surface area contributed by atoms with Crippen LogP contribution < -0.4 is 20.5 Å². The van der Waals surface area contributed by atoms with E-state index in [1.54, 1.807) is 19.9 Å². The summed E-state index contributed by atoms with van der Waals surface area (Å²) >= 11 is 0. The number of rotatable bonds is 9. The number of carbonyl (C=O) groups excluding carboxylic acids is 1. The Morgan fingerprint density at radius 2 is 1.76 bits per heavy atom. The molecule has 0 radical (unpaired) electrons. The third kappa shape index (κ3) is 5.83. The van der Waals surface area contributed by atoms with Crippen molar-refractivity contribution in [1.29, 1.82) is 0 Å². The van der Waals surface area contributed by atoms with E-state index in [0.29, 0.717) is 5.56 Å². The van der Waals surface area contributed by atoms with E-state index in [4.69, 9.17) is 5.73 Å². The summed E-state index contributed by atoms with van der Waals surface area (Å²) in [6.45, 7) is 3.32. The van der Waals surface area contributed by atoms with Gasteiger partial charge in [-0.15, -0.1) is 0 Å². The van der Waals surface area contributed by atoms with Crippen LogP contribution in [0.3, 0.4) is 0 Å². The summed E-state index contributed by atoms with van der Waals surface area (Å²) in [6.07, 6.45) is 0.820. The number of carbonyl (C=O) groups is 1. The van der Waals surface area contributed by atoms with Crippen LogP contribution in [-0.2, 0) is 16.6 Å². The second-order valence-electron chi connectivity index (χ2n) is 7.37. The Bertz CT molecular complexity index is 1350. The number of hydrogen-bond donors (Lipinski definition) is 4. The Morgan fingerprint density at radius 3 is 2.41 bits per heavy atom. The minimum absolute atomic E-state index is 0.0121. The van der Waals surface area contributed by atoms with Crippen molar-refractivity contribution in [3.8, 4) is 0 Å². The molecule has 3 aromatic rings. The number of nitrogens with one attached hydrogen (secondary N) is 3. The highest BCUT2D eigenvalue weighted by Gasteiger charge is 2.19. The largest absolute Gasteiger partial charge is 0.366 e. The van der Waals surface area contributed by atoms with Gasteiger partial charge in [0.2, 0.25) is 0 Å². The minimum Gasteiger partial charge on any atom is -0.366 e. The Balaban J connectivity index is 1.95. The average Bonchev–Trinajstić information content (AvgIpc) is 2.74. The third-order valence-electron chi connectivity index (χ3n) is 4.76. The molecule has 0 aliphatic carbocycles. The maximum absolute atomic E-state index is 14.9. The number of nitrogens with two attached hydrogens (primary N) is 1. The number of primary amides is 1. The number of aryl methyl sites for hydroxylation is 1. The molecular formula is C22H22F3N5O3S. The van der Waals surface area contributed by atoms with Gasteiger partial charge in [0.1, 0.15) is 11.6 Å². The van der Waals surface area contributed by atoms with E-state index >= 15 is 0 Å². The van der Waals surface area contributed by atoms with E-state index < -0.39 is 39.4 Å². The summed E-state index contributed by atoms with van der Waals surface area (Å²) in [5.74, 6) is -3.90. The molecule has 0 aliphatic rings. The van der Waals surface area contributed by atoms with E-state index in [1.165, 1.54) is 18.2 Å². The van der Waals surface area contributed by atoms with Crippen LogP contribution in [0.25, 0.3) is 0 Å². The summed E-state index contributed by atoms with van der Waals surface area (Å²) < 4.78 is 71.8. The van der Waals surface area contributed by atoms with Gasteiger partial charge in [0, 0.05) is 19.2 Å². The molecule has 3 rings (SSSR count). The highest BCUT2D eigenvalue weighted by atomic mass is 32.2. The number of pyridine rings is 1. The maximum atomic E-state index is 14.9. The van der Waals surface area contributed by atoms with Crippen LogP contribution in [0.1, 0.15) is 34.0 Å². The monoisotopic (exact) mass is 493 g/mol. The minimum atomic E-state index is -4.04. The van der Waals surface area contributed by atoms with Crippen LogP contribution >= 0.6 is 0 Å². The molecule has 8 nitrogen and oxygen atoms in total. The number of nitrogens with zero attached hydrogens (tertiary/aromatic N) is 1. The number of aromatic nitrogens is 1. The Labute approximate surface area is 194 Å². The van der Waals surface area contributed by atoms with E-state index in [1.807, 2.05) is 4.72 Å². The molecule has 1 aromatic heterocycles. The number of hydrogen-bond acceptors (Lipinski definition) is 5. The SMILES string of the molecule is CCNS(=O)(=O)Nc1nccc(Cc2cc(C(N)=O)c(Nc3ccc(C)cc3F)cc2F)c1F. The molecule has 0 saturated heterocycles. The summed E-state index contributed by atoms with van der Waals surface area (Å²) in [4.78, 5) is 15.7. The van der Waals surface area contributed by atoms with Crippen LogP contribution in [0.15, 0.2) is 42.6 Å². The van der Waals surface area contributed by atoms with Gasteiger partial charge in [-0.05, 0) is 53.9 Å². The standard InChI is InChI=1S/C22H22F3N5O3S/c1-3-28-34(32,33)30-22-20(25)13(6-7-27-22)9-14-10-15(21(26)31)19(11-16(14)23)29-18-5-4-12(2)8-17(18)24/h4-8,10-11,28-29H,3,9H2,1-2H3,(H2,26,31)(H,27,30). The third-order valence-corrected chi connectivity index (χ3v) is 5.89. The number of anilines is 3. The van der Waals surface area contributed by atoms with E-state index in [2.05, 4.69) is 15.0 Å². The van der Waals surface area contributed by atoms with Gasteiger partial charge in [-0.2, -0.15) is 13.1 Å². The van der Waals surface area contributed by atoms with Crippen LogP contribution in [0, 0.1) is 24.4 Å². The highest BCUT2D eigenvalue weighted by molar-refractivity contribution is 7.90. The predicted octanol–water partition coefficient (Wildman–Crippen LogP) is 3.51. The molecule has 0 atom stereocenters. The van der Waals surface area contributed by atoms with Gasteiger partial charge >= 0.3 is 0 Å².